The molecule has 0 aromatic heterocycles. The van der Waals surface area contributed by atoms with E-state index in [9.17, 15) is 14.0 Å². The maximum Gasteiger partial charge on any atom is 0.238 e. The van der Waals surface area contributed by atoms with Crippen LogP contribution in [0.25, 0.3) is 0 Å². The smallest absolute Gasteiger partial charge is 0.238 e. The Morgan fingerprint density at radius 2 is 1.63 bits per heavy atom. The Morgan fingerprint density at radius 3 is 2.37 bits per heavy atom. The van der Waals surface area contributed by atoms with Gasteiger partial charge in [0.2, 0.25) is 11.8 Å². The first-order valence-electron chi connectivity index (χ1n) is 10.3. The van der Waals surface area contributed by atoms with Crippen molar-refractivity contribution in [3.05, 3.63) is 59.4 Å². The predicted octanol–water partition coefficient (Wildman–Crippen LogP) is 3.03. The maximum atomic E-state index is 13.2. The molecule has 1 saturated heterocycles. The van der Waals surface area contributed by atoms with Crippen molar-refractivity contribution in [3.8, 4) is 0 Å². The molecule has 0 spiro atoms. The van der Waals surface area contributed by atoms with E-state index in [-0.39, 0.29) is 17.6 Å². The number of nitrogens with zero attached hydrogens (tertiary/aromatic N) is 2. The number of piperazine rings is 1. The van der Waals surface area contributed by atoms with Crippen molar-refractivity contribution >= 4 is 23.2 Å². The number of halogens is 1. The summed E-state index contributed by atoms with van der Waals surface area (Å²) in [5, 5.41) is 5.72. The van der Waals surface area contributed by atoms with Crippen molar-refractivity contribution in [2.75, 3.05) is 49.9 Å². The Balaban J connectivity index is 1.36. The minimum Gasteiger partial charge on any atom is -0.326 e. The van der Waals surface area contributed by atoms with E-state index >= 15 is 0 Å². The second-order valence-electron chi connectivity index (χ2n) is 7.72. The molecule has 3 rings (SSSR count). The Kier molecular flexibility index (Phi) is 7.54. The molecule has 0 unspecified atom stereocenters. The van der Waals surface area contributed by atoms with Gasteiger partial charge in [0, 0.05) is 50.5 Å². The third-order valence-electron chi connectivity index (χ3n) is 5.47. The lowest BCUT2D eigenvalue weighted by molar-refractivity contribution is -0.117. The highest BCUT2D eigenvalue weighted by atomic mass is 19.1. The summed E-state index contributed by atoms with van der Waals surface area (Å²) in [7, 11) is 0. The van der Waals surface area contributed by atoms with Gasteiger partial charge in [-0.2, -0.15) is 0 Å². The summed E-state index contributed by atoms with van der Waals surface area (Å²) in [6.07, 6.45) is 0.351. The van der Waals surface area contributed by atoms with E-state index in [0.29, 0.717) is 25.2 Å². The lowest BCUT2D eigenvalue weighted by Crippen LogP contribution is -2.49. The van der Waals surface area contributed by atoms with E-state index in [1.54, 1.807) is 12.1 Å². The van der Waals surface area contributed by atoms with Crippen LogP contribution in [0.4, 0.5) is 15.8 Å². The molecule has 6 nitrogen and oxygen atoms in total. The van der Waals surface area contributed by atoms with Gasteiger partial charge in [-0.05, 0) is 49.2 Å². The lowest BCUT2D eigenvalue weighted by Gasteiger charge is -2.34. The van der Waals surface area contributed by atoms with Gasteiger partial charge in [-0.3, -0.25) is 14.5 Å². The highest BCUT2D eigenvalue weighted by molar-refractivity contribution is 5.93. The van der Waals surface area contributed by atoms with Crippen molar-refractivity contribution in [2.45, 2.75) is 20.3 Å². The monoisotopic (exact) mass is 412 g/mol. The summed E-state index contributed by atoms with van der Waals surface area (Å²) in [5.74, 6) is -0.506. The fourth-order valence-electron chi connectivity index (χ4n) is 3.50. The molecular formula is C23H29FN4O2. The van der Waals surface area contributed by atoms with Crippen LogP contribution in [-0.2, 0) is 9.59 Å². The molecule has 1 fully saturated rings. The van der Waals surface area contributed by atoms with E-state index < -0.39 is 0 Å². The zero-order valence-corrected chi connectivity index (χ0v) is 17.6. The molecule has 2 aromatic rings. The standard InChI is InChI=1S/C23H29FN4O2/c1-17-5-3-8-21(18(17)2)26-23(30)16-28-13-11-27(12-14-28)10-9-22(29)25-20-7-4-6-19(24)15-20/h3-8,15H,9-14,16H2,1-2H3,(H,25,29)(H,26,30). The van der Waals surface area contributed by atoms with Gasteiger partial charge < -0.3 is 15.5 Å². The number of hydrogen-bond donors (Lipinski definition) is 2. The number of aryl methyl sites for hydroxylation is 1. The molecule has 2 amide bonds. The molecular weight excluding hydrogens is 383 g/mol. The van der Waals surface area contributed by atoms with Crippen LogP contribution in [0.3, 0.4) is 0 Å². The minimum absolute atomic E-state index is 0.00776. The average molecular weight is 413 g/mol. The number of carbonyl (C=O) groups is 2. The van der Waals surface area contributed by atoms with Crippen molar-refractivity contribution in [2.24, 2.45) is 0 Å². The first-order valence-corrected chi connectivity index (χ1v) is 10.3. The van der Waals surface area contributed by atoms with Gasteiger partial charge in [-0.25, -0.2) is 4.39 Å². The number of nitrogens with one attached hydrogen (secondary N) is 2. The molecule has 0 bridgehead atoms. The van der Waals surface area contributed by atoms with Crippen molar-refractivity contribution in [1.82, 2.24) is 9.80 Å². The normalized spacial score (nSPS) is 15.0. The summed E-state index contributed by atoms with van der Waals surface area (Å²) < 4.78 is 13.2. The van der Waals surface area contributed by atoms with Crippen LogP contribution >= 0.6 is 0 Å². The quantitative estimate of drug-likeness (QED) is 0.734. The van der Waals surface area contributed by atoms with Crippen LogP contribution in [0.5, 0.6) is 0 Å². The van der Waals surface area contributed by atoms with Gasteiger partial charge >= 0.3 is 0 Å². The van der Waals surface area contributed by atoms with Gasteiger partial charge in [0.25, 0.3) is 0 Å². The Hall–Kier alpha value is -2.77. The summed E-state index contributed by atoms with van der Waals surface area (Å²) in [5.41, 5.74) is 3.58. The molecule has 0 saturated carbocycles. The zero-order valence-electron chi connectivity index (χ0n) is 17.6. The van der Waals surface area contributed by atoms with Gasteiger partial charge in [0.15, 0.2) is 0 Å². The number of anilines is 2. The molecule has 0 aliphatic carbocycles. The summed E-state index contributed by atoms with van der Waals surface area (Å²) in [6, 6.07) is 11.8. The molecule has 30 heavy (non-hydrogen) atoms. The molecule has 1 aliphatic heterocycles. The van der Waals surface area contributed by atoms with Crippen LogP contribution in [0.15, 0.2) is 42.5 Å². The predicted molar refractivity (Wildman–Crippen MR) is 117 cm³/mol. The topological polar surface area (TPSA) is 64.7 Å². The van der Waals surface area contributed by atoms with Gasteiger partial charge in [-0.1, -0.05) is 18.2 Å². The van der Waals surface area contributed by atoms with Crippen LogP contribution in [0.1, 0.15) is 17.5 Å². The van der Waals surface area contributed by atoms with Crippen molar-refractivity contribution < 1.29 is 14.0 Å². The second kappa shape index (κ2) is 10.3. The van der Waals surface area contributed by atoms with E-state index in [0.717, 1.165) is 43.0 Å². The summed E-state index contributed by atoms with van der Waals surface area (Å²) in [4.78, 5) is 28.8. The number of benzene rings is 2. The number of amides is 2. The average Bonchev–Trinajstić information content (AvgIpc) is 2.71. The Labute approximate surface area is 177 Å². The van der Waals surface area contributed by atoms with Crippen LogP contribution in [0, 0.1) is 19.7 Å². The van der Waals surface area contributed by atoms with Crippen LogP contribution < -0.4 is 10.6 Å². The SMILES string of the molecule is Cc1cccc(NC(=O)CN2CCN(CCC(=O)Nc3cccc(F)c3)CC2)c1C. The first-order chi connectivity index (χ1) is 14.4. The molecule has 160 valence electrons. The molecule has 0 atom stereocenters. The third-order valence-corrected chi connectivity index (χ3v) is 5.47. The molecule has 2 aromatic carbocycles. The van der Waals surface area contributed by atoms with Crippen molar-refractivity contribution in [3.63, 3.8) is 0 Å². The zero-order chi connectivity index (χ0) is 21.5. The largest absolute Gasteiger partial charge is 0.326 e. The highest BCUT2D eigenvalue weighted by Gasteiger charge is 2.20. The molecule has 0 radical (unpaired) electrons. The van der Waals surface area contributed by atoms with Crippen LogP contribution in [0.2, 0.25) is 0 Å². The molecule has 1 aliphatic rings. The number of carbonyl (C=O) groups excluding carboxylic acids is 2. The molecule has 1 heterocycles. The third kappa shape index (κ3) is 6.37. The molecule has 7 heteroatoms. The van der Waals surface area contributed by atoms with E-state index in [1.165, 1.54) is 12.1 Å². The second-order valence-corrected chi connectivity index (χ2v) is 7.72. The Bertz CT molecular complexity index is 895. The number of hydrogen-bond acceptors (Lipinski definition) is 4. The van der Waals surface area contributed by atoms with Crippen LogP contribution in [-0.4, -0.2) is 60.9 Å². The molecule has 2 N–H and O–H groups in total. The highest BCUT2D eigenvalue weighted by Crippen LogP contribution is 2.18. The Morgan fingerprint density at radius 1 is 0.933 bits per heavy atom. The summed E-state index contributed by atoms with van der Waals surface area (Å²) >= 11 is 0. The van der Waals surface area contributed by atoms with E-state index in [4.69, 9.17) is 0 Å². The van der Waals surface area contributed by atoms with E-state index in [1.807, 2.05) is 32.0 Å². The van der Waals surface area contributed by atoms with Gasteiger partial charge in [-0.15, -0.1) is 0 Å². The fraction of sp³-hybridized carbons (Fsp3) is 0.391. The first kappa shape index (κ1) is 21.9. The minimum atomic E-state index is -0.370. The fourth-order valence-corrected chi connectivity index (χ4v) is 3.50. The van der Waals surface area contributed by atoms with E-state index in [2.05, 4.69) is 20.4 Å². The number of rotatable bonds is 7. The lowest BCUT2D eigenvalue weighted by atomic mass is 10.1. The van der Waals surface area contributed by atoms with Crippen molar-refractivity contribution in [1.29, 1.82) is 0 Å². The van der Waals surface area contributed by atoms with Gasteiger partial charge in [0.1, 0.15) is 5.82 Å². The summed E-state index contributed by atoms with van der Waals surface area (Å²) in [6.45, 7) is 8.23. The maximum absolute atomic E-state index is 13.2. The van der Waals surface area contributed by atoms with Gasteiger partial charge in [0.05, 0.1) is 6.54 Å².